The van der Waals surface area contributed by atoms with Gasteiger partial charge in [-0.15, -0.1) is 0 Å². The second-order valence-electron chi connectivity index (χ2n) is 4.31. The van der Waals surface area contributed by atoms with Crippen molar-refractivity contribution in [3.63, 3.8) is 0 Å². The van der Waals surface area contributed by atoms with E-state index in [0.717, 1.165) is 13.0 Å². The van der Waals surface area contributed by atoms with Crippen molar-refractivity contribution >= 4 is 9.84 Å². The van der Waals surface area contributed by atoms with Crippen LogP contribution in [-0.4, -0.2) is 26.3 Å². The predicted molar refractivity (Wildman–Crippen MR) is 70.8 cm³/mol. The summed E-state index contributed by atoms with van der Waals surface area (Å²) in [6.07, 6.45) is 1.00. The summed E-state index contributed by atoms with van der Waals surface area (Å²) < 4.78 is 24.6. The van der Waals surface area contributed by atoms with E-state index in [-0.39, 0.29) is 6.04 Å². The van der Waals surface area contributed by atoms with Gasteiger partial charge in [0.2, 0.25) is 0 Å². The van der Waals surface area contributed by atoms with E-state index in [1.807, 2.05) is 13.0 Å². The monoisotopic (exact) mass is 255 g/mol. The molecule has 0 fully saturated rings. The number of nitrogens with one attached hydrogen (secondary N) is 1. The molecular weight excluding hydrogens is 234 g/mol. The molecule has 2 atom stereocenters. The van der Waals surface area contributed by atoms with Gasteiger partial charge in [-0.1, -0.05) is 25.1 Å². The van der Waals surface area contributed by atoms with E-state index in [1.165, 1.54) is 0 Å². The summed E-state index contributed by atoms with van der Waals surface area (Å²) in [5, 5.41) is 2.81. The van der Waals surface area contributed by atoms with Gasteiger partial charge in [-0.3, -0.25) is 0 Å². The van der Waals surface area contributed by atoms with Gasteiger partial charge in [0.1, 0.15) is 0 Å². The lowest BCUT2D eigenvalue weighted by Gasteiger charge is -2.21. The minimum Gasteiger partial charge on any atom is -0.313 e. The molecule has 2 unspecified atom stereocenters. The third-order valence-corrected chi connectivity index (χ3v) is 5.30. The van der Waals surface area contributed by atoms with Gasteiger partial charge in [0.25, 0.3) is 0 Å². The van der Waals surface area contributed by atoms with Gasteiger partial charge in [0.15, 0.2) is 9.84 Å². The van der Waals surface area contributed by atoms with Crippen LogP contribution in [0.15, 0.2) is 35.2 Å². The Kier molecular flexibility index (Phi) is 5.15. The molecule has 0 saturated carbocycles. The molecule has 17 heavy (non-hydrogen) atoms. The summed E-state index contributed by atoms with van der Waals surface area (Å²) in [5.41, 5.74) is 0. The molecule has 0 aliphatic rings. The van der Waals surface area contributed by atoms with Gasteiger partial charge in [0.05, 0.1) is 10.1 Å². The minimum absolute atomic E-state index is 0.0415. The van der Waals surface area contributed by atoms with Gasteiger partial charge in [0, 0.05) is 6.04 Å². The third kappa shape index (κ3) is 3.54. The molecule has 0 bridgehead atoms. The highest BCUT2D eigenvalue weighted by Crippen LogP contribution is 2.17. The average molecular weight is 255 g/mol. The lowest BCUT2D eigenvalue weighted by Crippen LogP contribution is -2.40. The van der Waals surface area contributed by atoms with Crippen LogP contribution >= 0.6 is 0 Å². The quantitative estimate of drug-likeness (QED) is 0.848. The first kappa shape index (κ1) is 14.2. The summed E-state index contributed by atoms with van der Waals surface area (Å²) >= 11 is 0. The molecule has 0 aliphatic carbocycles. The van der Waals surface area contributed by atoms with E-state index >= 15 is 0 Å². The topological polar surface area (TPSA) is 46.2 Å². The molecule has 3 nitrogen and oxygen atoms in total. The van der Waals surface area contributed by atoms with E-state index in [1.54, 1.807) is 31.2 Å². The van der Waals surface area contributed by atoms with Crippen molar-refractivity contribution in [2.75, 3.05) is 6.54 Å². The molecule has 4 heteroatoms. The molecule has 0 aliphatic heterocycles. The zero-order valence-corrected chi connectivity index (χ0v) is 11.5. The Morgan fingerprint density at radius 1 is 1.18 bits per heavy atom. The lowest BCUT2D eigenvalue weighted by atomic mass is 10.2. The zero-order valence-electron chi connectivity index (χ0n) is 10.7. The molecule has 1 aromatic rings. The maximum Gasteiger partial charge on any atom is 0.182 e. The van der Waals surface area contributed by atoms with Crippen LogP contribution in [0.4, 0.5) is 0 Å². The van der Waals surface area contributed by atoms with Crippen LogP contribution in [0, 0.1) is 0 Å². The molecule has 1 aromatic carbocycles. The third-order valence-electron chi connectivity index (χ3n) is 2.98. The highest BCUT2D eigenvalue weighted by atomic mass is 32.2. The maximum absolute atomic E-state index is 12.3. The number of rotatable bonds is 6. The normalized spacial score (nSPS) is 15.5. The van der Waals surface area contributed by atoms with Crippen molar-refractivity contribution in [1.29, 1.82) is 0 Å². The standard InChI is InChI=1S/C13H21NO2S/c1-4-10-14-11(2)12(3)17(15,16)13-8-6-5-7-9-13/h5-9,11-12,14H,4,10H2,1-3H3. The maximum atomic E-state index is 12.3. The second-order valence-corrected chi connectivity index (χ2v) is 6.61. The van der Waals surface area contributed by atoms with Crippen LogP contribution in [0.2, 0.25) is 0 Å². The molecule has 0 saturated heterocycles. The SMILES string of the molecule is CCCNC(C)C(C)S(=O)(=O)c1ccccc1. The van der Waals surface area contributed by atoms with Crippen LogP contribution in [0.25, 0.3) is 0 Å². The van der Waals surface area contributed by atoms with Crippen molar-refractivity contribution in [3.05, 3.63) is 30.3 Å². The van der Waals surface area contributed by atoms with Crippen molar-refractivity contribution in [1.82, 2.24) is 5.32 Å². The molecular formula is C13H21NO2S. The largest absolute Gasteiger partial charge is 0.313 e. The Morgan fingerprint density at radius 2 is 1.76 bits per heavy atom. The number of hydrogen-bond donors (Lipinski definition) is 1. The fraction of sp³-hybridized carbons (Fsp3) is 0.538. The Hall–Kier alpha value is -0.870. The summed E-state index contributed by atoms with van der Waals surface area (Å²) in [6, 6.07) is 8.59. The Bertz CT molecular complexity index is 428. The fourth-order valence-electron chi connectivity index (χ4n) is 1.63. The van der Waals surface area contributed by atoms with Crippen molar-refractivity contribution in [3.8, 4) is 0 Å². The summed E-state index contributed by atoms with van der Waals surface area (Å²) in [5.74, 6) is 0. The van der Waals surface area contributed by atoms with Crippen molar-refractivity contribution in [2.24, 2.45) is 0 Å². The Labute approximate surface area is 104 Å². The van der Waals surface area contributed by atoms with E-state index in [0.29, 0.717) is 4.90 Å². The molecule has 1 N–H and O–H groups in total. The average Bonchev–Trinajstić information content (AvgIpc) is 2.36. The molecule has 0 radical (unpaired) electrons. The lowest BCUT2D eigenvalue weighted by molar-refractivity contribution is 0.509. The Balaban J connectivity index is 2.84. The smallest absolute Gasteiger partial charge is 0.182 e. The molecule has 0 spiro atoms. The Morgan fingerprint density at radius 3 is 2.29 bits per heavy atom. The van der Waals surface area contributed by atoms with Crippen molar-refractivity contribution in [2.45, 2.75) is 43.4 Å². The van der Waals surface area contributed by atoms with Crippen LogP contribution in [0.5, 0.6) is 0 Å². The first-order valence-corrected chi connectivity index (χ1v) is 7.57. The van der Waals surface area contributed by atoms with E-state index < -0.39 is 15.1 Å². The zero-order chi connectivity index (χ0) is 12.9. The van der Waals surface area contributed by atoms with Gasteiger partial charge in [-0.2, -0.15) is 0 Å². The van der Waals surface area contributed by atoms with Crippen molar-refractivity contribution < 1.29 is 8.42 Å². The highest BCUT2D eigenvalue weighted by Gasteiger charge is 2.27. The van der Waals surface area contributed by atoms with E-state index in [9.17, 15) is 8.42 Å². The fourth-order valence-corrected chi connectivity index (χ4v) is 3.23. The molecule has 1 rings (SSSR count). The summed E-state index contributed by atoms with van der Waals surface area (Å²) in [7, 11) is -3.23. The number of benzene rings is 1. The highest BCUT2D eigenvalue weighted by molar-refractivity contribution is 7.92. The predicted octanol–water partition coefficient (Wildman–Crippen LogP) is 2.24. The van der Waals surface area contributed by atoms with Crippen LogP contribution < -0.4 is 5.32 Å². The molecule has 0 amide bonds. The van der Waals surface area contributed by atoms with Crippen LogP contribution in [0.3, 0.4) is 0 Å². The van der Waals surface area contributed by atoms with Gasteiger partial charge in [-0.05, 0) is 38.9 Å². The summed E-state index contributed by atoms with van der Waals surface area (Å²) in [4.78, 5) is 0.401. The van der Waals surface area contributed by atoms with Crippen LogP contribution in [-0.2, 0) is 9.84 Å². The molecule has 0 aromatic heterocycles. The minimum atomic E-state index is -3.23. The van der Waals surface area contributed by atoms with Gasteiger partial charge in [-0.25, -0.2) is 8.42 Å². The molecule has 96 valence electrons. The van der Waals surface area contributed by atoms with E-state index in [4.69, 9.17) is 0 Å². The van der Waals surface area contributed by atoms with Gasteiger partial charge < -0.3 is 5.32 Å². The first-order chi connectivity index (χ1) is 8.00. The summed E-state index contributed by atoms with van der Waals surface area (Å²) in [6.45, 7) is 6.59. The van der Waals surface area contributed by atoms with Crippen LogP contribution in [0.1, 0.15) is 27.2 Å². The first-order valence-electron chi connectivity index (χ1n) is 6.02. The van der Waals surface area contributed by atoms with Gasteiger partial charge >= 0.3 is 0 Å². The van der Waals surface area contributed by atoms with E-state index in [2.05, 4.69) is 12.2 Å². The second kappa shape index (κ2) is 6.17. The number of sulfone groups is 1. The molecule has 0 heterocycles. The number of hydrogen-bond acceptors (Lipinski definition) is 3.